The second-order valence-corrected chi connectivity index (χ2v) is 13.9. The molecule has 0 saturated carbocycles. The Morgan fingerprint density at radius 2 is 1.30 bits per heavy atom. The van der Waals surface area contributed by atoms with Crippen LogP contribution in [0, 0.1) is 22.7 Å². The summed E-state index contributed by atoms with van der Waals surface area (Å²) in [5.74, 6) is 1.58. The lowest BCUT2D eigenvalue weighted by atomic mass is 9.60. The molecule has 0 spiro atoms. The summed E-state index contributed by atoms with van der Waals surface area (Å²) in [5, 5.41) is 0. The third-order valence-electron chi connectivity index (χ3n) is 9.80. The minimum Gasteiger partial charge on any atom is -0.465 e. The van der Waals surface area contributed by atoms with Gasteiger partial charge in [-0.2, -0.15) is 0 Å². The molecule has 47 heavy (non-hydrogen) atoms. The summed E-state index contributed by atoms with van der Waals surface area (Å²) in [6.45, 7) is 14.8. The molecule has 0 fully saturated rings. The van der Waals surface area contributed by atoms with Crippen LogP contribution in [0.4, 0.5) is 0 Å². The molecule has 0 saturated heterocycles. The van der Waals surface area contributed by atoms with Gasteiger partial charge in [0.2, 0.25) is 0 Å². The number of para-hydroxylation sites is 1. The summed E-state index contributed by atoms with van der Waals surface area (Å²) in [6, 6.07) is 26.1. The van der Waals surface area contributed by atoms with Crippen molar-refractivity contribution in [2.75, 3.05) is 13.2 Å². The molecule has 256 valence electrons. The van der Waals surface area contributed by atoms with Crippen LogP contribution in [0.3, 0.4) is 0 Å². The van der Waals surface area contributed by atoms with Crippen LogP contribution < -0.4 is 4.74 Å². The number of hydrogen-bond donors (Lipinski definition) is 0. The maximum absolute atomic E-state index is 14.1. The third-order valence-corrected chi connectivity index (χ3v) is 9.80. The Bertz CT molecular complexity index is 1360. The number of benzene rings is 3. The highest BCUT2D eigenvalue weighted by Crippen LogP contribution is 2.49. The Labute approximate surface area is 284 Å². The highest BCUT2D eigenvalue weighted by Gasteiger charge is 2.59. The van der Waals surface area contributed by atoms with E-state index in [1.54, 1.807) is 13.8 Å². The number of carbonyl (C=O) groups excluding carboxylic acids is 2. The molecule has 0 heterocycles. The van der Waals surface area contributed by atoms with Gasteiger partial charge in [-0.05, 0) is 78.8 Å². The molecular formula is C42H58O5. The first kappa shape index (κ1) is 37.9. The van der Waals surface area contributed by atoms with E-state index in [1.807, 2.05) is 74.5 Å². The molecule has 0 N–H and O–H groups in total. The van der Waals surface area contributed by atoms with Gasteiger partial charge in [0.1, 0.15) is 11.5 Å². The van der Waals surface area contributed by atoms with E-state index in [-0.39, 0.29) is 19.6 Å². The van der Waals surface area contributed by atoms with Crippen molar-refractivity contribution >= 4 is 11.9 Å². The average molecular weight is 643 g/mol. The minimum absolute atomic E-state index is 0.113. The Balaban J connectivity index is 1.89. The lowest BCUT2D eigenvalue weighted by molar-refractivity contribution is -0.182. The van der Waals surface area contributed by atoms with Crippen molar-refractivity contribution in [2.45, 2.75) is 106 Å². The maximum Gasteiger partial charge on any atom is 0.324 e. The number of hydrogen-bond acceptors (Lipinski definition) is 5. The SMILES string of the molecule is CCOC(=O)C(Cc1ccccc1Oc1cccc(Cc2ccccc2)c1)(C(=O)OCC)C(C)(C)CCCC(C)CCCC(C)CC. The van der Waals surface area contributed by atoms with Crippen LogP contribution in [0.1, 0.15) is 110 Å². The average Bonchev–Trinajstić information content (AvgIpc) is 3.05. The van der Waals surface area contributed by atoms with Gasteiger partial charge in [0.05, 0.1) is 13.2 Å². The van der Waals surface area contributed by atoms with Gasteiger partial charge in [0.15, 0.2) is 5.41 Å². The molecule has 5 heteroatoms. The summed E-state index contributed by atoms with van der Waals surface area (Å²) in [5.41, 5.74) is 0.821. The summed E-state index contributed by atoms with van der Waals surface area (Å²) in [7, 11) is 0. The Kier molecular flexibility index (Phi) is 15.0. The second-order valence-electron chi connectivity index (χ2n) is 13.9. The molecular weight excluding hydrogens is 584 g/mol. The summed E-state index contributed by atoms with van der Waals surface area (Å²) in [4.78, 5) is 28.2. The molecule has 0 bridgehead atoms. The van der Waals surface area contributed by atoms with E-state index >= 15 is 0 Å². The van der Waals surface area contributed by atoms with Crippen molar-refractivity contribution in [3.63, 3.8) is 0 Å². The van der Waals surface area contributed by atoms with Crippen LogP contribution in [-0.4, -0.2) is 25.2 Å². The summed E-state index contributed by atoms with van der Waals surface area (Å²) >= 11 is 0. The molecule has 2 atom stereocenters. The van der Waals surface area contributed by atoms with Crippen molar-refractivity contribution in [3.8, 4) is 11.5 Å². The molecule has 0 aromatic heterocycles. The fraction of sp³-hybridized carbons (Fsp3) is 0.524. The highest BCUT2D eigenvalue weighted by atomic mass is 16.6. The molecule has 3 aromatic carbocycles. The lowest BCUT2D eigenvalue weighted by Gasteiger charge is -2.43. The number of rotatable bonds is 20. The van der Waals surface area contributed by atoms with Crippen LogP contribution in [0.25, 0.3) is 0 Å². The quantitative estimate of drug-likeness (QED) is 0.0906. The molecule has 2 unspecified atom stereocenters. The zero-order valence-electron chi connectivity index (χ0n) is 30.0. The monoisotopic (exact) mass is 642 g/mol. The predicted molar refractivity (Wildman–Crippen MR) is 192 cm³/mol. The van der Waals surface area contributed by atoms with Gasteiger partial charge in [-0.1, -0.05) is 134 Å². The number of esters is 2. The van der Waals surface area contributed by atoms with Gasteiger partial charge >= 0.3 is 11.9 Å². The normalized spacial score (nSPS) is 13.1. The molecule has 3 rings (SSSR count). The molecule has 0 aliphatic rings. The van der Waals surface area contributed by atoms with E-state index in [0.29, 0.717) is 23.8 Å². The second kappa shape index (κ2) is 18.7. The van der Waals surface area contributed by atoms with E-state index < -0.39 is 22.8 Å². The van der Waals surface area contributed by atoms with Gasteiger partial charge in [-0.3, -0.25) is 9.59 Å². The summed E-state index contributed by atoms with van der Waals surface area (Å²) < 4.78 is 17.9. The van der Waals surface area contributed by atoms with Gasteiger partial charge in [-0.25, -0.2) is 0 Å². The van der Waals surface area contributed by atoms with Crippen molar-refractivity contribution < 1.29 is 23.8 Å². The van der Waals surface area contributed by atoms with Crippen LogP contribution in [0.15, 0.2) is 78.9 Å². The zero-order chi connectivity index (χ0) is 34.3. The number of carbonyl (C=O) groups is 2. The van der Waals surface area contributed by atoms with Crippen LogP contribution >= 0.6 is 0 Å². The highest BCUT2D eigenvalue weighted by molar-refractivity contribution is 6.01. The first-order valence-corrected chi connectivity index (χ1v) is 17.8. The standard InChI is InChI=1S/C42H58O5/c1-8-32(4)19-16-20-33(5)21-18-28-41(6,7)42(39(43)45-9-2,40(44)46-10-3)31-36-25-14-15-27-38(36)47-37-26-17-24-35(30-37)29-34-22-12-11-13-23-34/h11-15,17,22-27,30,32-33H,8-10,16,18-21,28-29,31H2,1-7H3. The van der Waals surface area contributed by atoms with Gasteiger partial charge in [-0.15, -0.1) is 0 Å². The Morgan fingerprint density at radius 3 is 1.96 bits per heavy atom. The zero-order valence-corrected chi connectivity index (χ0v) is 30.0. The summed E-state index contributed by atoms with van der Waals surface area (Å²) in [6.07, 6.45) is 8.46. The van der Waals surface area contributed by atoms with E-state index in [2.05, 4.69) is 39.0 Å². The predicted octanol–water partition coefficient (Wildman–Crippen LogP) is 10.8. The topological polar surface area (TPSA) is 61.8 Å². The van der Waals surface area contributed by atoms with Gasteiger partial charge in [0, 0.05) is 6.42 Å². The van der Waals surface area contributed by atoms with Crippen molar-refractivity contribution in [2.24, 2.45) is 22.7 Å². The molecule has 0 aliphatic heterocycles. The third kappa shape index (κ3) is 10.7. The Morgan fingerprint density at radius 1 is 0.702 bits per heavy atom. The largest absolute Gasteiger partial charge is 0.465 e. The van der Waals surface area contributed by atoms with Crippen molar-refractivity contribution in [1.82, 2.24) is 0 Å². The smallest absolute Gasteiger partial charge is 0.324 e. The van der Waals surface area contributed by atoms with Crippen LogP contribution in [-0.2, 0) is 31.9 Å². The maximum atomic E-state index is 14.1. The first-order chi connectivity index (χ1) is 22.6. The van der Waals surface area contributed by atoms with Gasteiger partial charge < -0.3 is 14.2 Å². The van der Waals surface area contributed by atoms with Crippen LogP contribution in [0.2, 0.25) is 0 Å². The Hall–Kier alpha value is -3.60. The van der Waals surface area contributed by atoms with E-state index in [0.717, 1.165) is 36.3 Å². The fourth-order valence-corrected chi connectivity index (χ4v) is 6.51. The molecule has 0 radical (unpaired) electrons. The molecule has 5 nitrogen and oxygen atoms in total. The number of ether oxygens (including phenoxy) is 3. The molecule has 0 amide bonds. The fourth-order valence-electron chi connectivity index (χ4n) is 6.51. The first-order valence-electron chi connectivity index (χ1n) is 17.8. The van der Waals surface area contributed by atoms with Crippen LogP contribution in [0.5, 0.6) is 11.5 Å². The van der Waals surface area contributed by atoms with E-state index in [4.69, 9.17) is 14.2 Å². The van der Waals surface area contributed by atoms with E-state index in [9.17, 15) is 9.59 Å². The van der Waals surface area contributed by atoms with Crippen molar-refractivity contribution in [1.29, 1.82) is 0 Å². The van der Waals surface area contributed by atoms with E-state index in [1.165, 1.54) is 31.2 Å². The minimum atomic E-state index is -1.55. The van der Waals surface area contributed by atoms with Gasteiger partial charge in [0.25, 0.3) is 0 Å². The lowest BCUT2D eigenvalue weighted by Crippen LogP contribution is -2.54. The molecule has 3 aromatic rings. The molecule has 0 aliphatic carbocycles. The van der Waals surface area contributed by atoms with Crippen molar-refractivity contribution in [3.05, 3.63) is 95.6 Å².